The van der Waals surface area contributed by atoms with Gasteiger partial charge in [0.15, 0.2) is 17.3 Å². The smallest absolute Gasteiger partial charge is 0.411 e. The van der Waals surface area contributed by atoms with E-state index in [1.165, 1.54) is 11.9 Å². The number of carbonyl (C=O) groups is 1. The van der Waals surface area contributed by atoms with E-state index in [0.29, 0.717) is 35.8 Å². The molecule has 1 aromatic carbocycles. The van der Waals surface area contributed by atoms with E-state index in [-0.39, 0.29) is 24.7 Å². The summed E-state index contributed by atoms with van der Waals surface area (Å²) in [5.74, 6) is -0.543. The number of carbonyl (C=O) groups excluding carboxylic acids is 1. The molecule has 1 amide bonds. The van der Waals surface area contributed by atoms with Crippen molar-refractivity contribution < 1.29 is 23.7 Å². The minimum atomic E-state index is -0.955. The molecule has 2 fully saturated rings. The molecule has 39 heavy (non-hydrogen) atoms. The lowest BCUT2D eigenvalue weighted by Gasteiger charge is -2.29. The summed E-state index contributed by atoms with van der Waals surface area (Å²) in [5, 5.41) is 2.78. The van der Waals surface area contributed by atoms with Crippen molar-refractivity contribution >= 4 is 28.8 Å². The van der Waals surface area contributed by atoms with Crippen LogP contribution < -0.4 is 11.1 Å². The number of aromatic nitrogens is 4. The number of nitrogens with two attached hydrogens (primary N) is 1. The number of hydrogen-bond acceptors (Lipinski definition) is 10. The van der Waals surface area contributed by atoms with Crippen LogP contribution in [0, 0.1) is 0 Å². The van der Waals surface area contributed by atoms with Gasteiger partial charge in [-0.2, -0.15) is 0 Å². The summed E-state index contributed by atoms with van der Waals surface area (Å²) in [5.41, 5.74) is 8.04. The second kappa shape index (κ2) is 10.0. The van der Waals surface area contributed by atoms with Crippen LogP contribution in [-0.2, 0) is 30.1 Å². The maximum atomic E-state index is 12.3. The van der Waals surface area contributed by atoms with E-state index in [9.17, 15) is 4.79 Å². The highest BCUT2D eigenvalue weighted by Gasteiger charge is 2.63. The first kappa shape index (κ1) is 27.3. The van der Waals surface area contributed by atoms with Gasteiger partial charge in [-0.1, -0.05) is 32.9 Å². The molecule has 0 spiro atoms. The third-order valence-electron chi connectivity index (χ3n) is 7.08. The third kappa shape index (κ3) is 5.42. The maximum absolute atomic E-state index is 12.3. The lowest BCUT2D eigenvalue weighted by Crippen LogP contribution is -2.46. The number of nitrogens with zero attached hydrogens (tertiary/aromatic N) is 5. The van der Waals surface area contributed by atoms with Gasteiger partial charge in [0.05, 0.1) is 12.9 Å². The Morgan fingerprint density at radius 3 is 2.69 bits per heavy atom. The zero-order chi connectivity index (χ0) is 28.0. The number of nitrogens with one attached hydrogen (secondary N) is 1. The summed E-state index contributed by atoms with van der Waals surface area (Å²) in [6.45, 7) is 11.7. The summed E-state index contributed by atoms with van der Waals surface area (Å²) < 4.78 is 26.2. The van der Waals surface area contributed by atoms with Crippen molar-refractivity contribution in [3.8, 4) is 0 Å². The van der Waals surface area contributed by atoms with Gasteiger partial charge in [0.1, 0.15) is 30.7 Å². The predicted octanol–water partition coefficient (Wildman–Crippen LogP) is 3.09. The Labute approximate surface area is 227 Å². The SMILES string of the molecule is CN(CCOC(=O)Nc1ccc(C(C)(C)C)cc1)C[C@H]1OC[C@@]2(n3cnc4c(N)ncnc43)OC(C)(C)O[C@H]12. The van der Waals surface area contributed by atoms with Gasteiger partial charge in [-0.05, 0) is 44.0 Å². The van der Waals surface area contributed by atoms with Crippen LogP contribution in [0.25, 0.3) is 11.2 Å². The number of rotatable bonds is 7. The zero-order valence-corrected chi connectivity index (χ0v) is 23.3. The Kier molecular flexibility index (Phi) is 7.00. The minimum absolute atomic E-state index is 0.0483. The van der Waals surface area contributed by atoms with Gasteiger partial charge in [-0.25, -0.2) is 19.7 Å². The van der Waals surface area contributed by atoms with Gasteiger partial charge in [0.25, 0.3) is 0 Å². The van der Waals surface area contributed by atoms with Crippen LogP contribution in [0.1, 0.15) is 40.2 Å². The van der Waals surface area contributed by atoms with Crippen LogP contribution in [0.15, 0.2) is 36.9 Å². The molecule has 2 aliphatic heterocycles. The molecule has 210 valence electrons. The monoisotopic (exact) mass is 539 g/mol. The highest BCUT2D eigenvalue weighted by molar-refractivity contribution is 5.84. The molecule has 0 radical (unpaired) electrons. The van der Waals surface area contributed by atoms with Crippen LogP contribution >= 0.6 is 0 Å². The van der Waals surface area contributed by atoms with Gasteiger partial charge >= 0.3 is 6.09 Å². The van der Waals surface area contributed by atoms with E-state index in [1.54, 1.807) is 6.33 Å². The average molecular weight is 540 g/mol. The Hall–Kier alpha value is -3.32. The topological polar surface area (TPSA) is 139 Å². The molecule has 0 bridgehead atoms. The summed E-state index contributed by atoms with van der Waals surface area (Å²) in [6, 6.07) is 7.78. The molecule has 5 rings (SSSR count). The van der Waals surface area contributed by atoms with E-state index < -0.39 is 23.7 Å². The highest BCUT2D eigenvalue weighted by Crippen LogP contribution is 2.47. The molecule has 0 unspecified atom stereocenters. The number of ether oxygens (including phenoxy) is 4. The van der Waals surface area contributed by atoms with E-state index >= 15 is 0 Å². The molecule has 12 heteroatoms. The van der Waals surface area contributed by atoms with Crippen molar-refractivity contribution in [2.75, 3.05) is 44.4 Å². The molecular formula is C27H37N7O5. The number of hydrogen-bond donors (Lipinski definition) is 2. The van der Waals surface area contributed by atoms with Crippen molar-refractivity contribution in [2.24, 2.45) is 0 Å². The zero-order valence-electron chi connectivity index (χ0n) is 23.3. The van der Waals surface area contributed by atoms with E-state index in [1.807, 2.05) is 54.6 Å². The summed E-state index contributed by atoms with van der Waals surface area (Å²) in [6.07, 6.45) is 1.82. The number of nitrogen functional groups attached to an aromatic ring is 1. The maximum Gasteiger partial charge on any atom is 0.411 e. The molecule has 3 aromatic rings. The standard InChI is InChI=1S/C27H37N7O5/c1-25(2,3)17-7-9-18(10-8-17)32-24(35)36-12-11-33(6)13-19-21-27(14-37-19,39-26(4,5)38-21)34-16-31-20-22(28)29-15-30-23(20)34/h7-10,15-16,19,21H,11-14H2,1-6H3,(H,32,35)(H2,28,29,30)/t19-,21-,27-/m1/s1. The van der Waals surface area contributed by atoms with Crippen LogP contribution in [-0.4, -0.2) is 81.9 Å². The van der Waals surface area contributed by atoms with Gasteiger partial charge < -0.3 is 29.6 Å². The summed E-state index contributed by atoms with van der Waals surface area (Å²) >= 11 is 0. The Bertz CT molecular complexity index is 1340. The number of amides is 1. The second-order valence-electron chi connectivity index (χ2n) is 11.6. The Balaban J connectivity index is 1.18. The molecular weight excluding hydrogens is 502 g/mol. The third-order valence-corrected chi connectivity index (χ3v) is 7.08. The van der Waals surface area contributed by atoms with E-state index in [0.717, 1.165) is 0 Å². The van der Waals surface area contributed by atoms with Crippen molar-refractivity contribution in [3.05, 3.63) is 42.5 Å². The number of benzene rings is 1. The van der Waals surface area contributed by atoms with Crippen molar-refractivity contribution in [2.45, 2.75) is 63.8 Å². The molecule has 2 saturated heterocycles. The molecule has 0 saturated carbocycles. The number of anilines is 2. The van der Waals surface area contributed by atoms with Crippen molar-refractivity contribution in [1.29, 1.82) is 0 Å². The number of likely N-dealkylation sites (N-methyl/N-ethyl adjacent to an activating group) is 1. The van der Waals surface area contributed by atoms with Gasteiger partial charge in [0.2, 0.25) is 5.72 Å². The fourth-order valence-corrected chi connectivity index (χ4v) is 5.13. The molecule has 4 heterocycles. The predicted molar refractivity (Wildman–Crippen MR) is 145 cm³/mol. The minimum Gasteiger partial charge on any atom is -0.448 e. The molecule has 2 aromatic heterocycles. The molecule has 2 aliphatic rings. The van der Waals surface area contributed by atoms with E-state index in [4.69, 9.17) is 24.7 Å². The summed E-state index contributed by atoms with van der Waals surface area (Å²) in [4.78, 5) is 27.2. The summed E-state index contributed by atoms with van der Waals surface area (Å²) in [7, 11) is 1.94. The van der Waals surface area contributed by atoms with Crippen LogP contribution in [0.4, 0.5) is 16.3 Å². The van der Waals surface area contributed by atoms with Gasteiger partial charge in [-0.3, -0.25) is 9.88 Å². The van der Waals surface area contributed by atoms with Gasteiger partial charge in [0, 0.05) is 18.8 Å². The number of fused-ring (bicyclic) bond motifs is 2. The first-order valence-corrected chi connectivity index (χ1v) is 13.0. The lowest BCUT2D eigenvalue weighted by molar-refractivity contribution is -0.205. The van der Waals surface area contributed by atoms with Crippen LogP contribution in [0.2, 0.25) is 0 Å². The van der Waals surface area contributed by atoms with Crippen molar-refractivity contribution in [3.63, 3.8) is 0 Å². The second-order valence-corrected chi connectivity index (χ2v) is 11.6. The first-order chi connectivity index (χ1) is 18.4. The fraction of sp³-hybridized carbons (Fsp3) is 0.556. The van der Waals surface area contributed by atoms with Crippen molar-refractivity contribution in [1.82, 2.24) is 24.4 Å². The molecule has 12 nitrogen and oxygen atoms in total. The van der Waals surface area contributed by atoms with Crippen LogP contribution in [0.5, 0.6) is 0 Å². The Morgan fingerprint density at radius 2 is 1.97 bits per heavy atom. The van der Waals surface area contributed by atoms with E-state index in [2.05, 4.69) is 41.0 Å². The molecule has 3 N–H and O–H groups in total. The first-order valence-electron chi connectivity index (χ1n) is 13.0. The average Bonchev–Trinajstić information content (AvgIpc) is 3.50. The highest BCUT2D eigenvalue weighted by atomic mass is 16.8. The van der Waals surface area contributed by atoms with Gasteiger partial charge in [-0.15, -0.1) is 0 Å². The quantitative estimate of drug-likeness (QED) is 0.460. The largest absolute Gasteiger partial charge is 0.448 e. The Morgan fingerprint density at radius 1 is 1.23 bits per heavy atom. The molecule has 3 atom stereocenters. The molecule has 0 aliphatic carbocycles. The normalized spacial score (nSPS) is 24.3. The van der Waals surface area contributed by atoms with Crippen LogP contribution in [0.3, 0.4) is 0 Å². The fourth-order valence-electron chi connectivity index (χ4n) is 5.13. The lowest BCUT2D eigenvalue weighted by atomic mass is 9.87. The number of imidazole rings is 1.